The van der Waals surface area contributed by atoms with Gasteiger partial charge in [0.2, 0.25) is 12.7 Å². The van der Waals surface area contributed by atoms with Gasteiger partial charge in [0.25, 0.3) is 0 Å². The number of carbonyl (C=O) groups is 1. The normalized spacial score (nSPS) is 20.3. The van der Waals surface area contributed by atoms with E-state index >= 15 is 0 Å². The van der Waals surface area contributed by atoms with Crippen LogP contribution in [0.5, 0.6) is 11.5 Å². The SMILES string of the molecule is C[C@@H](NC(=O)C1CCN(C)CC1)c1nnc2n1CCN(Cc1cc3c(cc1Cl)OCO3)CC2. The fraction of sp³-hybridized carbons (Fsp3) is 0.609. The average molecular weight is 475 g/mol. The topological polar surface area (TPSA) is 84.8 Å². The fourth-order valence-corrected chi connectivity index (χ4v) is 5.07. The van der Waals surface area contributed by atoms with Crippen molar-refractivity contribution in [2.75, 3.05) is 40.0 Å². The lowest BCUT2D eigenvalue weighted by Gasteiger charge is -2.29. The van der Waals surface area contributed by atoms with Crippen molar-refractivity contribution in [1.82, 2.24) is 29.9 Å². The molecule has 9 nitrogen and oxygen atoms in total. The van der Waals surface area contributed by atoms with Gasteiger partial charge in [-0.1, -0.05) is 11.6 Å². The minimum absolute atomic E-state index is 0.0807. The van der Waals surface area contributed by atoms with Crippen molar-refractivity contribution in [2.24, 2.45) is 5.92 Å². The van der Waals surface area contributed by atoms with Crippen molar-refractivity contribution in [3.05, 3.63) is 34.4 Å². The van der Waals surface area contributed by atoms with Crippen LogP contribution in [0.2, 0.25) is 5.02 Å². The molecule has 0 aliphatic carbocycles. The standard InChI is InChI=1S/C23H31ClN6O3/c1-15(25-23(31)16-3-6-28(2)7-4-16)22-27-26-21-5-8-29(9-10-30(21)22)13-17-11-19-20(12-18(17)24)33-14-32-19/h11-12,15-16H,3-10,13-14H2,1-2H3,(H,25,31)/t15-/m1/s1. The Morgan fingerprint density at radius 2 is 1.91 bits per heavy atom. The number of aromatic nitrogens is 3. The molecule has 1 atom stereocenters. The van der Waals surface area contributed by atoms with Gasteiger partial charge in [0, 0.05) is 49.6 Å². The predicted molar refractivity (Wildman–Crippen MR) is 123 cm³/mol. The lowest BCUT2D eigenvalue weighted by Crippen LogP contribution is -2.40. The second-order valence-corrected chi connectivity index (χ2v) is 9.66. The lowest BCUT2D eigenvalue weighted by atomic mass is 9.96. The maximum absolute atomic E-state index is 12.8. The summed E-state index contributed by atoms with van der Waals surface area (Å²) in [5.41, 5.74) is 1.03. The third-order valence-corrected chi connectivity index (χ3v) is 7.27. The third-order valence-electron chi connectivity index (χ3n) is 6.92. The van der Waals surface area contributed by atoms with Gasteiger partial charge in [-0.2, -0.15) is 0 Å². The minimum Gasteiger partial charge on any atom is -0.454 e. The molecule has 10 heteroatoms. The molecule has 178 valence electrons. The van der Waals surface area contributed by atoms with Crippen LogP contribution < -0.4 is 14.8 Å². The second-order valence-electron chi connectivity index (χ2n) is 9.26. The number of nitrogens with zero attached hydrogens (tertiary/aromatic N) is 5. The highest BCUT2D eigenvalue weighted by Gasteiger charge is 2.28. The molecule has 1 saturated heterocycles. The maximum atomic E-state index is 12.8. The van der Waals surface area contributed by atoms with Gasteiger partial charge >= 0.3 is 0 Å². The largest absolute Gasteiger partial charge is 0.454 e. The molecular formula is C23H31ClN6O3. The van der Waals surface area contributed by atoms with Gasteiger partial charge in [0.1, 0.15) is 5.82 Å². The van der Waals surface area contributed by atoms with Crippen molar-refractivity contribution in [3.63, 3.8) is 0 Å². The van der Waals surface area contributed by atoms with Crippen LogP contribution in [0.3, 0.4) is 0 Å². The smallest absolute Gasteiger partial charge is 0.231 e. The summed E-state index contributed by atoms with van der Waals surface area (Å²) in [4.78, 5) is 17.4. The van der Waals surface area contributed by atoms with E-state index in [9.17, 15) is 4.79 Å². The van der Waals surface area contributed by atoms with Gasteiger partial charge < -0.3 is 24.3 Å². The highest BCUT2D eigenvalue weighted by molar-refractivity contribution is 6.31. The zero-order chi connectivity index (χ0) is 22.9. The number of benzene rings is 1. The Labute approximate surface area is 199 Å². The van der Waals surface area contributed by atoms with Crippen molar-refractivity contribution in [1.29, 1.82) is 0 Å². The summed E-state index contributed by atoms with van der Waals surface area (Å²) in [6.45, 7) is 7.38. The molecular weight excluding hydrogens is 444 g/mol. The van der Waals surface area contributed by atoms with Crippen LogP contribution in [0.15, 0.2) is 12.1 Å². The van der Waals surface area contributed by atoms with Gasteiger partial charge in [-0.3, -0.25) is 9.69 Å². The van der Waals surface area contributed by atoms with Crippen LogP contribution in [0.1, 0.15) is 43.0 Å². The Morgan fingerprint density at radius 3 is 2.70 bits per heavy atom. The van der Waals surface area contributed by atoms with Gasteiger partial charge in [0.05, 0.1) is 6.04 Å². The number of hydrogen-bond donors (Lipinski definition) is 1. The van der Waals surface area contributed by atoms with Crippen LogP contribution in [0.25, 0.3) is 0 Å². The summed E-state index contributed by atoms with van der Waals surface area (Å²) in [5, 5.41) is 12.7. The molecule has 0 radical (unpaired) electrons. The second kappa shape index (κ2) is 9.48. The highest BCUT2D eigenvalue weighted by atomic mass is 35.5. The summed E-state index contributed by atoms with van der Waals surface area (Å²) in [7, 11) is 2.10. The summed E-state index contributed by atoms with van der Waals surface area (Å²) in [6.07, 6.45) is 2.61. The molecule has 1 amide bonds. The van der Waals surface area contributed by atoms with E-state index in [0.717, 1.165) is 81.5 Å². The summed E-state index contributed by atoms with van der Waals surface area (Å²) >= 11 is 6.49. The number of rotatable bonds is 5. The average Bonchev–Trinajstić information content (AvgIpc) is 3.37. The van der Waals surface area contributed by atoms with E-state index in [-0.39, 0.29) is 24.7 Å². The maximum Gasteiger partial charge on any atom is 0.231 e. The minimum atomic E-state index is -0.173. The van der Waals surface area contributed by atoms with E-state index in [0.29, 0.717) is 10.8 Å². The van der Waals surface area contributed by atoms with Crippen LogP contribution >= 0.6 is 11.6 Å². The first kappa shape index (κ1) is 22.4. The van der Waals surface area contributed by atoms with Crippen LogP contribution in [-0.2, 0) is 24.3 Å². The summed E-state index contributed by atoms with van der Waals surface area (Å²) in [6, 6.07) is 3.63. The molecule has 0 bridgehead atoms. The molecule has 0 spiro atoms. The van der Waals surface area contributed by atoms with Crippen molar-refractivity contribution in [3.8, 4) is 11.5 Å². The molecule has 3 aliphatic rings. The molecule has 3 aliphatic heterocycles. The zero-order valence-corrected chi connectivity index (χ0v) is 20.0. The van der Waals surface area contributed by atoms with Crippen molar-refractivity contribution < 1.29 is 14.3 Å². The summed E-state index contributed by atoms with van der Waals surface area (Å²) < 4.78 is 13.1. The van der Waals surface area contributed by atoms with Gasteiger partial charge in [0.15, 0.2) is 17.3 Å². The Hall–Kier alpha value is -2.36. The van der Waals surface area contributed by atoms with Crippen molar-refractivity contribution in [2.45, 2.75) is 45.3 Å². The predicted octanol–water partition coefficient (Wildman–Crippen LogP) is 2.24. The lowest BCUT2D eigenvalue weighted by molar-refractivity contribution is -0.127. The number of halogens is 1. The zero-order valence-electron chi connectivity index (χ0n) is 19.2. The van der Waals surface area contributed by atoms with E-state index in [1.807, 2.05) is 19.1 Å². The first-order valence-corrected chi connectivity index (χ1v) is 12.1. The van der Waals surface area contributed by atoms with Crippen LogP contribution in [-0.4, -0.2) is 70.5 Å². The number of nitrogens with one attached hydrogen (secondary N) is 1. The van der Waals surface area contributed by atoms with E-state index in [1.165, 1.54) is 0 Å². The number of ether oxygens (including phenoxy) is 2. The van der Waals surface area contributed by atoms with E-state index in [4.69, 9.17) is 21.1 Å². The highest BCUT2D eigenvalue weighted by Crippen LogP contribution is 2.37. The van der Waals surface area contributed by atoms with E-state index < -0.39 is 0 Å². The molecule has 5 rings (SSSR count). The Kier molecular flexibility index (Phi) is 6.44. The Bertz CT molecular complexity index is 1020. The van der Waals surface area contributed by atoms with Crippen LogP contribution in [0.4, 0.5) is 0 Å². The molecule has 33 heavy (non-hydrogen) atoms. The van der Waals surface area contributed by atoms with Crippen LogP contribution in [0, 0.1) is 5.92 Å². The number of likely N-dealkylation sites (tertiary alicyclic amines) is 1. The number of amides is 1. The monoisotopic (exact) mass is 474 g/mol. The van der Waals surface area contributed by atoms with Gasteiger partial charge in [-0.25, -0.2) is 0 Å². The first-order chi connectivity index (χ1) is 16.0. The van der Waals surface area contributed by atoms with Gasteiger partial charge in [-0.05, 0) is 51.5 Å². The summed E-state index contributed by atoms with van der Waals surface area (Å²) in [5.74, 6) is 3.45. The molecule has 0 saturated carbocycles. The Morgan fingerprint density at radius 1 is 1.15 bits per heavy atom. The van der Waals surface area contributed by atoms with Crippen molar-refractivity contribution >= 4 is 17.5 Å². The quantitative estimate of drug-likeness (QED) is 0.711. The number of piperidine rings is 1. The Balaban J connectivity index is 1.21. The molecule has 1 aromatic carbocycles. The third kappa shape index (κ3) is 4.81. The number of fused-ring (bicyclic) bond motifs is 2. The van der Waals surface area contributed by atoms with E-state index in [1.54, 1.807) is 0 Å². The van der Waals surface area contributed by atoms with Gasteiger partial charge in [-0.15, -0.1) is 10.2 Å². The molecule has 1 fully saturated rings. The first-order valence-electron chi connectivity index (χ1n) is 11.7. The number of hydrogen-bond acceptors (Lipinski definition) is 7. The molecule has 4 heterocycles. The number of carbonyl (C=O) groups excluding carboxylic acids is 1. The molecule has 1 aromatic heterocycles. The molecule has 0 unspecified atom stereocenters. The molecule has 2 aromatic rings. The fourth-order valence-electron chi connectivity index (χ4n) is 4.86. The van der Waals surface area contributed by atoms with E-state index in [2.05, 4.69) is 36.9 Å². The molecule has 1 N–H and O–H groups in total.